The zero-order valence-corrected chi connectivity index (χ0v) is 16.1. The van der Waals surface area contributed by atoms with Crippen LogP contribution in [0.2, 0.25) is 0 Å². The molecule has 1 heterocycles. The SMILES string of the molecule is CC(C)(C)OC(=O)c1ccc(OS(=O)ON2C(=O)c3ccccc3C2=O)cc1. The van der Waals surface area contributed by atoms with Gasteiger partial charge in [-0.1, -0.05) is 12.1 Å². The number of nitrogens with zero attached hydrogens (tertiary/aromatic N) is 1. The molecule has 2 aromatic rings. The summed E-state index contributed by atoms with van der Waals surface area (Å²) in [7, 11) is 0. The third-order valence-electron chi connectivity index (χ3n) is 3.55. The molecule has 0 saturated carbocycles. The number of amides is 2. The third kappa shape index (κ3) is 4.26. The maximum Gasteiger partial charge on any atom is 0.383 e. The van der Waals surface area contributed by atoms with Crippen molar-refractivity contribution in [3.05, 3.63) is 65.2 Å². The number of imide groups is 1. The zero-order valence-electron chi connectivity index (χ0n) is 15.3. The van der Waals surface area contributed by atoms with Crippen LogP contribution in [0.1, 0.15) is 51.8 Å². The molecular weight excluding hydrogens is 386 g/mol. The standard InChI is InChI=1S/C19H17NO7S/c1-19(2,3)25-18(23)12-8-10-13(11-9-12)26-28(24)27-20-16(21)14-6-4-5-7-15(14)17(20)22/h4-11H,1-3H3. The Morgan fingerprint density at radius 2 is 1.46 bits per heavy atom. The molecule has 1 unspecified atom stereocenters. The number of hydrogen-bond donors (Lipinski definition) is 0. The second-order valence-corrected chi connectivity index (χ2v) is 7.56. The summed E-state index contributed by atoms with van der Waals surface area (Å²) in [6.45, 7) is 5.26. The first kappa shape index (κ1) is 19.7. The van der Waals surface area contributed by atoms with Gasteiger partial charge in [-0.15, -0.1) is 9.35 Å². The highest BCUT2D eigenvalue weighted by molar-refractivity contribution is 7.75. The third-order valence-corrected chi connectivity index (χ3v) is 4.14. The first-order chi connectivity index (χ1) is 13.2. The first-order valence-electron chi connectivity index (χ1n) is 8.25. The van der Waals surface area contributed by atoms with Crippen molar-refractivity contribution in [1.82, 2.24) is 5.06 Å². The van der Waals surface area contributed by atoms with E-state index in [4.69, 9.17) is 13.2 Å². The smallest absolute Gasteiger partial charge is 0.383 e. The molecule has 0 spiro atoms. The van der Waals surface area contributed by atoms with Gasteiger partial charge in [-0.3, -0.25) is 9.59 Å². The van der Waals surface area contributed by atoms with Crippen molar-refractivity contribution in [3.8, 4) is 5.75 Å². The van der Waals surface area contributed by atoms with Gasteiger partial charge in [-0.25, -0.2) is 4.79 Å². The lowest BCUT2D eigenvalue weighted by molar-refractivity contribution is -0.0106. The zero-order chi connectivity index (χ0) is 20.5. The molecule has 28 heavy (non-hydrogen) atoms. The van der Waals surface area contributed by atoms with Crippen LogP contribution in [0.5, 0.6) is 5.75 Å². The summed E-state index contributed by atoms with van der Waals surface area (Å²) in [6.07, 6.45) is 0. The minimum Gasteiger partial charge on any atom is -0.456 e. The van der Waals surface area contributed by atoms with Gasteiger partial charge >= 0.3 is 17.3 Å². The minimum atomic E-state index is -2.46. The molecule has 0 saturated heterocycles. The molecule has 3 rings (SSSR count). The molecule has 2 aromatic carbocycles. The molecule has 146 valence electrons. The van der Waals surface area contributed by atoms with Crippen molar-refractivity contribution >= 4 is 29.1 Å². The van der Waals surface area contributed by atoms with Gasteiger partial charge in [0.1, 0.15) is 11.4 Å². The van der Waals surface area contributed by atoms with Gasteiger partial charge in [0.2, 0.25) is 0 Å². The molecule has 2 amide bonds. The lowest BCUT2D eigenvalue weighted by Crippen LogP contribution is -2.31. The highest BCUT2D eigenvalue weighted by Gasteiger charge is 2.38. The molecule has 1 aliphatic rings. The van der Waals surface area contributed by atoms with Gasteiger partial charge in [0.25, 0.3) is 11.8 Å². The number of esters is 1. The van der Waals surface area contributed by atoms with E-state index in [1.54, 1.807) is 32.9 Å². The van der Waals surface area contributed by atoms with E-state index in [1.807, 2.05) is 0 Å². The van der Waals surface area contributed by atoms with E-state index in [-0.39, 0.29) is 22.4 Å². The van der Waals surface area contributed by atoms with Crippen LogP contribution >= 0.6 is 0 Å². The molecule has 0 N–H and O–H groups in total. The van der Waals surface area contributed by atoms with E-state index in [2.05, 4.69) is 0 Å². The maximum absolute atomic E-state index is 12.2. The minimum absolute atomic E-state index is 0.113. The van der Waals surface area contributed by atoms with Crippen molar-refractivity contribution in [2.45, 2.75) is 26.4 Å². The van der Waals surface area contributed by atoms with Gasteiger partial charge in [-0.2, -0.15) is 4.21 Å². The van der Waals surface area contributed by atoms with E-state index < -0.39 is 34.7 Å². The molecular formula is C19H17NO7S. The van der Waals surface area contributed by atoms with Crippen molar-refractivity contribution in [2.75, 3.05) is 0 Å². The molecule has 1 aliphatic heterocycles. The van der Waals surface area contributed by atoms with E-state index >= 15 is 0 Å². The average molecular weight is 403 g/mol. The van der Waals surface area contributed by atoms with Gasteiger partial charge in [0.05, 0.1) is 16.7 Å². The van der Waals surface area contributed by atoms with Crippen LogP contribution in [0.4, 0.5) is 0 Å². The summed E-state index contributed by atoms with van der Waals surface area (Å²) in [5.41, 5.74) is -0.0275. The Hall–Kier alpha value is -3.04. The molecule has 0 aliphatic carbocycles. The summed E-state index contributed by atoms with van der Waals surface area (Å²) in [5.74, 6) is -1.85. The van der Waals surface area contributed by atoms with E-state index in [9.17, 15) is 18.6 Å². The van der Waals surface area contributed by atoms with Crippen LogP contribution in [0, 0.1) is 0 Å². The monoisotopic (exact) mass is 403 g/mol. The Labute approximate surface area is 163 Å². The van der Waals surface area contributed by atoms with Crippen molar-refractivity contribution in [3.63, 3.8) is 0 Å². The lowest BCUT2D eigenvalue weighted by Gasteiger charge is -2.19. The number of ether oxygens (including phenoxy) is 1. The van der Waals surface area contributed by atoms with Crippen LogP contribution in [-0.4, -0.2) is 32.7 Å². The number of fused-ring (bicyclic) bond motifs is 1. The highest BCUT2D eigenvalue weighted by atomic mass is 32.2. The highest BCUT2D eigenvalue weighted by Crippen LogP contribution is 2.24. The molecule has 0 fully saturated rings. The summed E-state index contributed by atoms with van der Waals surface area (Å²) in [6, 6.07) is 11.8. The van der Waals surface area contributed by atoms with Crippen molar-refractivity contribution in [2.24, 2.45) is 0 Å². The van der Waals surface area contributed by atoms with Crippen molar-refractivity contribution in [1.29, 1.82) is 0 Å². The fraction of sp³-hybridized carbons (Fsp3) is 0.211. The first-order valence-corrected chi connectivity index (χ1v) is 9.25. The number of hydroxylamine groups is 2. The normalized spacial score (nSPS) is 14.6. The Kier molecular flexibility index (Phi) is 5.30. The second-order valence-electron chi connectivity index (χ2n) is 6.84. The Bertz CT molecular complexity index is 928. The van der Waals surface area contributed by atoms with Crippen LogP contribution in [0.15, 0.2) is 48.5 Å². The fourth-order valence-corrected chi connectivity index (χ4v) is 2.93. The topological polar surface area (TPSA) is 99.2 Å². The summed E-state index contributed by atoms with van der Waals surface area (Å²) in [5, 5.41) is 0.399. The van der Waals surface area contributed by atoms with Crippen molar-refractivity contribution < 1.29 is 31.8 Å². The second kappa shape index (κ2) is 7.53. The van der Waals surface area contributed by atoms with Crippen LogP contribution in [0.25, 0.3) is 0 Å². The average Bonchev–Trinajstić information content (AvgIpc) is 2.86. The number of rotatable bonds is 5. The van der Waals surface area contributed by atoms with Gasteiger partial charge in [0, 0.05) is 0 Å². The predicted octanol–water partition coefficient (Wildman–Crippen LogP) is 2.83. The van der Waals surface area contributed by atoms with Gasteiger partial charge < -0.3 is 8.92 Å². The van der Waals surface area contributed by atoms with Crippen LogP contribution in [0.3, 0.4) is 0 Å². The van der Waals surface area contributed by atoms with Gasteiger partial charge in [0.15, 0.2) is 0 Å². The largest absolute Gasteiger partial charge is 0.456 e. The Morgan fingerprint density at radius 3 is 1.96 bits per heavy atom. The maximum atomic E-state index is 12.2. The summed E-state index contributed by atoms with van der Waals surface area (Å²) < 4.78 is 27.2. The summed E-state index contributed by atoms with van der Waals surface area (Å²) in [4.78, 5) is 36.3. The number of carbonyl (C=O) groups excluding carboxylic acids is 3. The number of benzene rings is 2. The number of hydrogen-bond acceptors (Lipinski definition) is 7. The number of carbonyl (C=O) groups is 3. The Balaban J connectivity index is 1.62. The lowest BCUT2D eigenvalue weighted by atomic mass is 10.1. The fourth-order valence-electron chi connectivity index (χ4n) is 2.37. The van der Waals surface area contributed by atoms with Gasteiger partial charge in [-0.05, 0) is 57.2 Å². The molecule has 0 aromatic heterocycles. The Morgan fingerprint density at radius 1 is 0.929 bits per heavy atom. The van der Waals surface area contributed by atoms with E-state index in [0.717, 1.165) is 0 Å². The van der Waals surface area contributed by atoms with Crippen LogP contribution < -0.4 is 4.18 Å². The van der Waals surface area contributed by atoms with E-state index in [0.29, 0.717) is 5.06 Å². The quantitative estimate of drug-likeness (QED) is 0.559. The molecule has 9 heteroatoms. The van der Waals surface area contributed by atoms with E-state index in [1.165, 1.54) is 36.4 Å². The predicted molar refractivity (Wildman–Crippen MR) is 98.4 cm³/mol. The molecule has 0 bridgehead atoms. The molecule has 0 radical (unpaired) electrons. The van der Waals surface area contributed by atoms with Crippen LogP contribution in [-0.2, 0) is 20.4 Å². The molecule has 8 nitrogen and oxygen atoms in total. The molecule has 1 atom stereocenters. The summed E-state index contributed by atoms with van der Waals surface area (Å²) >= 11 is -2.46.